The standard InChI is InChI=1S/C5H9N3O4S/c1-13(11,12)8-3-2-7(4(6)9)5(8)10/h2-3H2,1H3,(H2,6,9). The van der Waals surface area contributed by atoms with E-state index in [1.807, 2.05) is 0 Å². The molecule has 0 spiro atoms. The summed E-state index contributed by atoms with van der Waals surface area (Å²) in [6.45, 7) is -0.0121. The number of imide groups is 1. The monoisotopic (exact) mass is 207 g/mol. The summed E-state index contributed by atoms with van der Waals surface area (Å²) in [5, 5.41) is 0. The molecule has 0 atom stereocenters. The minimum atomic E-state index is -3.58. The van der Waals surface area contributed by atoms with Crippen LogP contribution in [0.5, 0.6) is 0 Å². The van der Waals surface area contributed by atoms with Crippen molar-refractivity contribution in [2.75, 3.05) is 19.3 Å². The largest absolute Gasteiger partial charge is 0.351 e. The Labute approximate surface area is 75.1 Å². The summed E-state index contributed by atoms with van der Waals surface area (Å²) in [5.41, 5.74) is 4.84. The molecule has 0 radical (unpaired) electrons. The van der Waals surface area contributed by atoms with Gasteiger partial charge in [-0.1, -0.05) is 0 Å². The Balaban J connectivity index is 2.90. The summed E-state index contributed by atoms with van der Waals surface area (Å²) in [5.74, 6) is 0. The van der Waals surface area contributed by atoms with Crippen LogP contribution in [0.3, 0.4) is 0 Å². The minimum Gasteiger partial charge on any atom is -0.351 e. The first kappa shape index (κ1) is 9.78. The maximum absolute atomic E-state index is 11.2. The summed E-state index contributed by atoms with van der Waals surface area (Å²) in [6, 6.07) is -1.81. The molecule has 74 valence electrons. The van der Waals surface area contributed by atoms with Crippen molar-refractivity contribution in [3.63, 3.8) is 0 Å². The van der Waals surface area contributed by atoms with Gasteiger partial charge in [0, 0.05) is 0 Å². The van der Waals surface area contributed by atoms with Crippen LogP contribution in [-0.4, -0.2) is 49.0 Å². The molecule has 0 aromatic carbocycles. The fourth-order valence-corrected chi connectivity index (χ4v) is 1.82. The van der Waals surface area contributed by atoms with Crippen LogP contribution in [0.25, 0.3) is 0 Å². The molecule has 0 bridgehead atoms. The number of amides is 4. The van der Waals surface area contributed by atoms with Crippen LogP contribution in [0.1, 0.15) is 0 Å². The van der Waals surface area contributed by atoms with Crippen molar-refractivity contribution in [2.24, 2.45) is 5.73 Å². The predicted molar refractivity (Wildman–Crippen MR) is 43.2 cm³/mol. The third-order valence-corrected chi connectivity index (χ3v) is 2.78. The molecule has 7 nitrogen and oxygen atoms in total. The highest BCUT2D eigenvalue weighted by Gasteiger charge is 2.36. The van der Waals surface area contributed by atoms with Crippen molar-refractivity contribution >= 4 is 22.1 Å². The van der Waals surface area contributed by atoms with Gasteiger partial charge in [0.25, 0.3) is 0 Å². The quantitative estimate of drug-likeness (QED) is 0.581. The average Bonchev–Trinajstić information content (AvgIpc) is 2.28. The molecule has 0 aromatic heterocycles. The van der Waals surface area contributed by atoms with Gasteiger partial charge in [0.2, 0.25) is 10.0 Å². The van der Waals surface area contributed by atoms with Crippen molar-refractivity contribution < 1.29 is 18.0 Å². The lowest BCUT2D eigenvalue weighted by molar-refractivity contribution is 0.199. The Morgan fingerprint density at radius 3 is 2.23 bits per heavy atom. The van der Waals surface area contributed by atoms with E-state index in [4.69, 9.17) is 5.73 Å². The number of nitrogens with zero attached hydrogens (tertiary/aromatic N) is 2. The molecular weight excluding hydrogens is 198 g/mol. The second-order valence-electron chi connectivity index (χ2n) is 2.61. The number of primary amides is 1. The van der Waals surface area contributed by atoms with Crippen LogP contribution in [0, 0.1) is 0 Å². The van der Waals surface area contributed by atoms with E-state index in [0.717, 1.165) is 6.26 Å². The molecule has 1 heterocycles. The molecule has 1 fully saturated rings. The Hall–Kier alpha value is -1.31. The molecule has 2 N–H and O–H groups in total. The zero-order valence-electron chi connectivity index (χ0n) is 6.93. The lowest BCUT2D eigenvalue weighted by Gasteiger charge is -2.13. The SMILES string of the molecule is CS(=O)(=O)N1CCN(C(N)=O)C1=O. The maximum Gasteiger partial charge on any atom is 0.341 e. The van der Waals surface area contributed by atoms with Gasteiger partial charge in [-0.2, -0.15) is 0 Å². The number of hydrogen-bond donors (Lipinski definition) is 1. The number of rotatable bonds is 1. The normalized spacial score (nSPS) is 18.1. The summed E-state index contributed by atoms with van der Waals surface area (Å²) in [7, 11) is -3.58. The van der Waals surface area contributed by atoms with Crippen LogP contribution >= 0.6 is 0 Å². The van der Waals surface area contributed by atoms with Crippen molar-refractivity contribution in [3.05, 3.63) is 0 Å². The fraction of sp³-hybridized carbons (Fsp3) is 0.600. The van der Waals surface area contributed by atoms with Gasteiger partial charge in [0.15, 0.2) is 0 Å². The van der Waals surface area contributed by atoms with Crippen molar-refractivity contribution in [3.8, 4) is 0 Å². The molecule has 1 saturated heterocycles. The number of urea groups is 2. The van der Waals surface area contributed by atoms with Crippen molar-refractivity contribution in [1.82, 2.24) is 9.21 Å². The van der Waals surface area contributed by atoms with Gasteiger partial charge in [-0.3, -0.25) is 0 Å². The average molecular weight is 207 g/mol. The van der Waals surface area contributed by atoms with E-state index in [-0.39, 0.29) is 13.1 Å². The number of hydrogen-bond acceptors (Lipinski definition) is 4. The number of nitrogens with two attached hydrogens (primary N) is 1. The smallest absolute Gasteiger partial charge is 0.341 e. The van der Waals surface area contributed by atoms with Gasteiger partial charge in [-0.05, 0) is 0 Å². The lowest BCUT2D eigenvalue weighted by Crippen LogP contribution is -2.41. The zero-order valence-corrected chi connectivity index (χ0v) is 7.74. The van der Waals surface area contributed by atoms with Gasteiger partial charge < -0.3 is 5.73 Å². The summed E-state index contributed by atoms with van der Waals surface area (Å²) >= 11 is 0. The minimum absolute atomic E-state index is 0.0151. The fourth-order valence-electron chi connectivity index (χ4n) is 1.03. The van der Waals surface area contributed by atoms with Crippen LogP contribution in [0.2, 0.25) is 0 Å². The molecular formula is C5H9N3O4S. The van der Waals surface area contributed by atoms with Crippen LogP contribution < -0.4 is 5.73 Å². The topological polar surface area (TPSA) is 101 Å². The van der Waals surface area contributed by atoms with E-state index in [1.54, 1.807) is 0 Å². The van der Waals surface area contributed by atoms with Gasteiger partial charge in [-0.25, -0.2) is 27.2 Å². The molecule has 0 saturated carbocycles. The molecule has 4 amide bonds. The third kappa shape index (κ3) is 1.72. The van der Waals surface area contributed by atoms with E-state index >= 15 is 0 Å². The van der Waals surface area contributed by atoms with E-state index in [9.17, 15) is 18.0 Å². The molecule has 8 heteroatoms. The molecule has 1 rings (SSSR count). The number of carbonyl (C=O) groups excluding carboxylic acids is 2. The summed E-state index contributed by atoms with van der Waals surface area (Å²) in [4.78, 5) is 22.4. The Bertz CT molecular complexity index is 349. The van der Waals surface area contributed by atoms with E-state index in [0.29, 0.717) is 9.21 Å². The third-order valence-electron chi connectivity index (χ3n) is 1.64. The summed E-state index contributed by atoms with van der Waals surface area (Å²) < 4.78 is 22.5. The first-order valence-electron chi connectivity index (χ1n) is 3.42. The molecule has 13 heavy (non-hydrogen) atoms. The molecule has 0 aliphatic carbocycles. The van der Waals surface area contributed by atoms with Gasteiger partial charge >= 0.3 is 12.1 Å². The number of sulfonamides is 1. The highest BCUT2D eigenvalue weighted by atomic mass is 32.2. The predicted octanol–water partition coefficient (Wildman–Crippen LogP) is -1.24. The van der Waals surface area contributed by atoms with E-state index < -0.39 is 22.1 Å². The van der Waals surface area contributed by atoms with Crippen molar-refractivity contribution in [2.45, 2.75) is 0 Å². The Kier molecular flexibility index (Phi) is 2.16. The molecule has 1 aliphatic rings. The number of carbonyl (C=O) groups is 2. The van der Waals surface area contributed by atoms with Crippen LogP contribution in [0.15, 0.2) is 0 Å². The first-order chi connectivity index (χ1) is 5.84. The highest BCUT2D eigenvalue weighted by molar-refractivity contribution is 7.88. The maximum atomic E-state index is 11.2. The molecule has 0 unspecified atom stereocenters. The Morgan fingerprint density at radius 1 is 1.46 bits per heavy atom. The van der Waals surface area contributed by atoms with E-state index in [2.05, 4.69) is 0 Å². The summed E-state index contributed by atoms with van der Waals surface area (Å²) in [6.07, 6.45) is 0.898. The second kappa shape index (κ2) is 2.87. The second-order valence-corrected chi connectivity index (χ2v) is 4.51. The van der Waals surface area contributed by atoms with Gasteiger partial charge in [-0.15, -0.1) is 0 Å². The van der Waals surface area contributed by atoms with Crippen molar-refractivity contribution in [1.29, 1.82) is 0 Å². The first-order valence-corrected chi connectivity index (χ1v) is 5.27. The van der Waals surface area contributed by atoms with Gasteiger partial charge in [0.1, 0.15) is 0 Å². The van der Waals surface area contributed by atoms with Crippen LogP contribution in [-0.2, 0) is 10.0 Å². The van der Waals surface area contributed by atoms with Gasteiger partial charge in [0.05, 0.1) is 19.3 Å². The molecule has 0 aromatic rings. The van der Waals surface area contributed by atoms with Crippen LogP contribution in [0.4, 0.5) is 9.59 Å². The zero-order chi connectivity index (χ0) is 10.2. The highest BCUT2D eigenvalue weighted by Crippen LogP contribution is 2.11. The lowest BCUT2D eigenvalue weighted by atomic mass is 10.6. The molecule has 1 aliphatic heterocycles. The van der Waals surface area contributed by atoms with E-state index in [1.165, 1.54) is 0 Å². The Morgan fingerprint density at radius 2 is 2.00 bits per heavy atom.